The largest absolute Gasteiger partial charge is 0.414 e. The second-order valence-corrected chi connectivity index (χ2v) is 2.69. The number of carbonyl (C=O) groups excluding carboxylic acids is 1. The van der Waals surface area contributed by atoms with Crippen molar-refractivity contribution < 1.29 is 22.8 Å². The number of hydrogen-bond donors (Lipinski definition) is 2. The highest BCUT2D eigenvalue weighted by molar-refractivity contribution is 5.76. The van der Waals surface area contributed by atoms with Crippen molar-refractivity contribution in [3.8, 4) is 0 Å². The van der Waals surface area contributed by atoms with Crippen LogP contribution in [0, 0.1) is 0 Å². The van der Waals surface area contributed by atoms with Gasteiger partial charge in [-0.3, -0.25) is 14.7 Å². The summed E-state index contributed by atoms with van der Waals surface area (Å²) in [6, 6.07) is 1.53. The quantitative estimate of drug-likeness (QED) is 0.733. The van der Waals surface area contributed by atoms with Crippen molar-refractivity contribution in [2.24, 2.45) is 0 Å². The zero-order valence-electron chi connectivity index (χ0n) is 7.47. The first kappa shape index (κ1) is 11.5. The van der Waals surface area contributed by atoms with Gasteiger partial charge in [-0.15, -0.1) is 0 Å². The average Bonchev–Trinajstić information content (AvgIpc) is 2.54. The molecule has 0 aliphatic carbocycles. The first-order valence-electron chi connectivity index (χ1n) is 3.93. The number of rotatable bonds is 4. The lowest BCUT2D eigenvalue weighted by atomic mass is 10.3. The number of aromatic amines is 1. The molecule has 0 aromatic carbocycles. The highest BCUT2D eigenvalue weighted by Gasteiger charge is 2.28. The van der Waals surface area contributed by atoms with Crippen molar-refractivity contribution >= 4 is 5.91 Å². The van der Waals surface area contributed by atoms with Gasteiger partial charge in [0, 0.05) is 11.9 Å². The lowest BCUT2D eigenvalue weighted by Crippen LogP contribution is -2.30. The van der Waals surface area contributed by atoms with Crippen LogP contribution in [0.4, 0.5) is 13.2 Å². The molecule has 0 radical (unpaired) electrons. The fourth-order valence-corrected chi connectivity index (χ4v) is 0.791. The molecule has 0 atom stereocenters. The van der Waals surface area contributed by atoms with E-state index in [9.17, 15) is 18.0 Å². The molecule has 0 saturated heterocycles. The SMILES string of the molecule is O=C(Cc1ccn[nH]1)NOCC(F)(F)F. The summed E-state index contributed by atoms with van der Waals surface area (Å²) in [5, 5.41) is 6.06. The second-order valence-electron chi connectivity index (χ2n) is 2.69. The zero-order chi connectivity index (χ0) is 11.3. The van der Waals surface area contributed by atoms with Crippen LogP contribution in [-0.4, -0.2) is 28.9 Å². The lowest BCUT2D eigenvalue weighted by molar-refractivity contribution is -0.191. The number of alkyl halides is 3. The summed E-state index contributed by atoms with van der Waals surface area (Å²) in [7, 11) is 0. The van der Waals surface area contributed by atoms with Crippen molar-refractivity contribution in [3.63, 3.8) is 0 Å². The predicted octanol–water partition coefficient (Wildman–Crippen LogP) is 0.562. The van der Waals surface area contributed by atoms with Gasteiger partial charge < -0.3 is 0 Å². The first-order chi connectivity index (χ1) is 6.97. The molecular weight excluding hydrogens is 215 g/mol. The molecular formula is C7H8F3N3O2. The number of hydrogen-bond acceptors (Lipinski definition) is 3. The molecule has 1 aromatic rings. The maximum atomic E-state index is 11.6. The number of carbonyl (C=O) groups is 1. The van der Waals surface area contributed by atoms with Crippen LogP contribution in [0.25, 0.3) is 0 Å². The molecule has 0 fully saturated rings. The smallest absolute Gasteiger partial charge is 0.282 e. The highest BCUT2D eigenvalue weighted by Crippen LogP contribution is 2.13. The molecule has 1 heterocycles. The summed E-state index contributed by atoms with van der Waals surface area (Å²) in [6.07, 6.45) is -3.14. The van der Waals surface area contributed by atoms with Gasteiger partial charge in [-0.05, 0) is 6.07 Å². The molecule has 1 rings (SSSR count). The molecule has 0 spiro atoms. The molecule has 2 N–H and O–H groups in total. The first-order valence-corrected chi connectivity index (χ1v) is 3.93. The van der Waals surface area contributed by atoms with Crippen LogP contribution in [0.3, 0.4) is 0 Å². The Morgan fingerprint density at radius 2 is 2.33 bits per heavy atom. The Kier molecular flexibility index (Phi) is 3.67. The highest BCUT2D eigenvalue weighted by atomic mass is 19.4. The standard InChI is InChI=1S/C7H8F3N3O2/c8-7(9,10)4-15-13-6(14)3-5-1-2-11-12-5/h1-2H,3-4H2,(H,11,12)(H,13,14). The molecule has 1 aromatic heterocycles. The molecule has 5 nitrogen and oxygen atoms in total. The van der Waals surface area contributed by atoms with Crippen molar-refractivity contribution in [3.05, 3.63) is 18.0 Å². The van der Waals surface area contributed by atoms with Crippen LogP contribution in [0.15, 0.2) is 12.3 Å². The molecule has 0 unspecified atom stereocenters. The Morgan fingerprint density at radius 3 is 2.87 bits per heavy atom. The third-order valence-electron chi connectivity index (χ3n) is 1.33. The minimum Gasteiger partial charge on any atom is -0.282 e. The van der Waals surface area contributed by atoms with Gasteiger partial charge >= 0.3 is 6.18 Å². The Morgan fingerprint density at radius 1 is 1.60 bits per heavy atom. The topological polar surface area (TPSA) is 67.0 Å². The summed E-state index contributed by atoms with van der Waals surface area (Å²) < 4.78 is 34.8. The second kappa shape index (κ2) is 4.78. The number of H-pyrrole nitrogens is 1. The maximum absolute atomic E-state index is 11.6. The van der Waals surface area contributed by atoms with Crippen molar-refractivity contribution in [1.82, 2.24) is 15.7 Å². The van der Waals surface area contributed by atoms with Gasteiger partial charge in [0.25, 0.3) is 0 Å². The summed E-state index contributed by atoms with van der Waals surface area (Å²) in [4.78, 5) is 14.9. The van der Waals surface area contributed by atoms with Gasteiger partial charge in [0.1, 0.15) is 0 Å². The van der Waals surface area contributed by atoms with Crippen LogP contribution in [-0.2, 0) is 16.1 Å². The number of halogens is 3. The van der Waals surface area contributed by atoms with Crippen LogP contribution >= 0.6 is 0 Å². The van der Waals surface area contributed by atoms with E-state index in [0.29, 0.717) is 5.69 Å². The summed E-state index contributed by atoms with van der Waals surface area (Å²) in [6.45, 7) is -1.51. The van der Waals surface area contributed by atoms with E-state index in [-0.39, 0.29) is 6.42 Å². The van der Waals surface area contributed by atoms with Crippen LogP contribution in [0.5, 0.6) is 0 Å². The van der Waals surface area contributed by atoms with E-state index in [1.165, 1.54) is 12.3 Å². The Balaban J connectivity index is 2.20. The Bertz CT molecular complexity index is 310. The number of aromatic nitrogens is 2. The lowest BCUT2D eigenvalue weighted by Gasteiger charge is -2.07. The molecule has 0 bridgehead atoms. The van der Waals surface area contributed by atoms with E-state index in [0.717, 1.165) is 0 Å². The third kappa shape index (κ3) is 5.01. The summed E-state index contributed by atoms with van der Waals surface area (Å²) >= 11 is 0. The molecule has 84 valence electrons. The van der Waals surface area contributed by atoms with Gasteiger partial charge in [0.15, 0.2) is 6.61 Å². The van der Waals surface area contributed by atoms with Crippen LogP contribution < -0.4 is 5.48 Å². The van der Waals surface area contributed by atoms with E-state index >= 15 is 0 Å². The molecule has 8 heteroatoms. The molecule has 15 heavy (non-hydrogen) atoms. The minimum atomic E-state index is -4.46. The number of nitrogens with one attached hydrogen (secondary N) is 2. The Labute approximate surface area is 82.6 Å². The van der Waals surface area contributed by atoms with E-state index in [2.05, 4.69) is 15.0 Å². The van der Waals surface area contributed by atoms with Crippen molar-refractivity contribution in [2.75, 3.05) is 6.61 Å². The van der Waals surface area contributed by atoms with Crippen LogP contribution in [0.1, 0.15) is 5.69 Å². The average molecular weight is 223 g/mol. The molecule has 0 aliphatic rings. The Hall–Kier alpha value is -1.57. The minimum absolute atomic E-state index is 0.113. The van der Waals surface area contributed by atoms with Gasteiger partial charge in [0.05, 0.1) is 6.42 Å². The van der Waals surface area contributed by atoms with Gasteiger partial charge in [-0.2, -0.15) is 18.3 Å². The molecule has 0 aliphatic heterocycles. The normalized spacial score (nSPS) is 11.4. The molecule has 1 amide bonds. The number of amides is 1. The third-order valence-corrected chi connectivity index (χ3v) is 1.33. The van der Waals surface area contributed by atoms with Gasteiger partial charge in [0.2, 0.25) is 5.91 Å². The van der Waals surface area contributed by atoms with Crippen molar-refractivity contribution in [2.45, 2.75) is 12.6 Å². The summed E-state index contributed by atoms with van der Waals surface area (Å²) in [5.41, 5.74) is 2.16. The summed E-state index contributed by atoms with van der Waals surface area (Å²) in [5.74, 6) is -0.677. The fraction of sp³-hybridized carbons (Fsp3) is 0.429. The van der Waals surface area contributed by atoms with Crippen LogP contribution in [0.2, 0.25) is 0 Å². The molecule has 0 saturated carbocycles. The van der Waals surface area contributed by atoms with Crippen molar-refractivity contribution in [1.29, 1.82) is 0 Å². The van der Waals surface area contributed by atoms with Gasteiger partial charge in [-0.25, -0.2) is 5.48 Å². The number of hydroxylamine groups is 1. The van der Waals surface area contributed by atoms with Gasteiger partial charge in [-0.1, -0.05) is 0 Å². The van der Waals surface area contributed by atoms with E-state index in [1.54, 1.807) is 5.48 Å². The zero-order valence-corrected chi connectivity index (χ0v) is 7.47. The maximum Gasteiger partial charge on any atom is 0.414 e. The van der Waals surface area contributed by atoms with E-state index in [4.69, 9.17) is 0 Å². The number of nitrogens with zero attached hydrogens (tertiary/aromatic N) is 1. The monoisotopic (exact) mass is 223 g/mol. The van der Waals surface area contributed by atoms with E-state index < -0.39 is 18.7 Å². The predicted molar refractivity (Wildman–Crippen MR) is 42.4 cm³/mol. The fourth-order valence-electron chi connectivity index (χ4n) is 0.791. The van der Waals surface area contributed by atoms with E-state index in [1.807, 2.05) is 0 Å².